The minimum absolute atomic E-state index is 0.612. The van der Waals surface area contributed by atoms with Crippen LogP contribution in [0.4, 0.5) is 9.59 Å². The number of nitrogens with one attached hydrogen (secondary N) is 2. The zero-order chi connectivity index (χ0) is 18.2. The number of rotatable bonds is 0. The van der Waals surface area contributed by atoms with Gasteiger partial charge < -0.3 is 0 Å². The number of hydrogen-bond acceptors (Lipinski definition) is 4. The molecule has 0 radical (unpaired) electrons. The third-order valence-corrected chi connectivity index (χ3v) is 3.36. The summed E-state index contributed by atoms with van der Waals surface area (Å²) in [6.45, 7) is 0. The standard InChI is InChI=1S/C18H14N6O2/c25-17-19-9-13-5-1-3-7-15(13)11-21-24-18(26)20-10-14-6-2-4-8-16(14)12-22-23-17/h1-12H,(H,19,23,25)(H,20,24,26). The second-order valence-electron chi connectivity index (χ2n) is 5.12. The van der Waals surface area contributed by atoms with Crippen LogP contribution >= 0.6 is 0 Å². The summed E-state index contributed by atoms with van der Waals surface area (Å²) in [5.41, 5.74) is 7.31. The van der Waals surface area contributed by atoms with E-state index in [1.807, 2.05) is 0 Å². The average molecular weight is 346 g/mol. The SMILES string of the molecule is O=C1/N=C\c2ccccc2/C=N\NC(=O)/N=C\c2ccccc2/C=N\N1. The molecule has 0 saturated carbocycles. The summed E-state index contributed by atoms with van der Waals surface area (Å²) in [6.07, 6.45) is 5.69. The van der Waals surface area contributed by atoms with Crippen LogP contribution in [0.2, 0.25) is 0 Å². The predicted octanol–water partition coefficient (Wildman–Crippen LogP) is 2.33. The topological polar surface area (TPSA) is 108 Å². The van der Waals surface area contributed by atoms with E-state index in [2.05, 4.69) is 31.0 Å². The zero-order valence-electron chi connectivity index (χ0n) is 13.5. The van der Waals surface area contributed by atoms with E-state index in [9.17, 15) is 9.59 Å². The first-order valence-electron chi connectivity index (χ1n) is 7.64. The van der Waals surface area contributed by atoms with Crippen LogP contribution in [-0.2, 0) is 0 Å². The molecule has 0 atom stereocenters. The van der Waals surface area contributed by atoms with E-state index in [-0.39, 0.29) is 0 Å². The summed E-state index contributed by atoms with van der Waals surface area (Å²) in [7, 11) is 0. The van der Waals surface area contributed by atoms with Crippen molar-refractivity contribution in [2.75, 3.05) is 0 Å². The molecule has 0 saturated heterocycles. The number of hydrazone groups is 2. The van der Waals surface area contributed by atoms with Crippen LogP contribution in [0.3, 0.4) is 0 Å². The monoisotopic (exact) mass is 346 g/mol. The lowest BCUT2D eigenvalue weighted by Gasteiger charge is -2.01. The first-order valence-corrected chi connectivity index (χ1v) is 7.64. The number of amides is 4. The van der Waals surface area contributed by atoms with E-state index in [0.29, 0.717) is 22.3 Å². The Morgan fingerprint density at radius 1 is 0.538 bits per heavy atom. The van der Waals surface area contributed by atoms with Gasteiger partial charge >= 0.3 is 12.1 Å². The molecule has 2 aromatic rings. The Labute approximate surface area is 149 Å². The lowest BCUT2D eigenvalue weighted by molar-refractivity contribution is 0.249. The Morgan fingerprint density at radius 2 is 0.885 bits per heavy atom. The van der Waals surface area contributed by atoms with Crippen LogP contribution in [0, 0.1) is 0 Å². The number of carbonyl (C=O) groups excluding carboxylic acids is 2. The Bertz CT molecular complexity index is 869. The van der Waals surface area contributed by atoms with Crippen molar-refractivity contribution in [1.82, 2.24) is 10.9 Å². The van der Waals surface area contributed by atoms with Gasteiger partial charge in [0.15, 0.2) is 0 Å². The summed E-state index contributed by atoms with van der Waals surface area (Å²) in [5, 5.41) is 7.74. The molecule has 8 heteroatoms. The number of nitrogens with zero attached hydrogens (tertiary/aromatic N) is 4. The van der Waals surface area contributed by atoms with E-state index in [1.165, 1.54) is 24.9 Å². The molecular weight excluding hydrogens is 332 g/mol. The molecule has 1 heterocycles. The molecule has 0 aliphatic carbocycles. The molecular formula is C18H14N6O2. The van der Waals surface area contributed by atoms with E-state index < -0.39 is 12.1 Å². The minimum atomic E-state index is -0.612. The largest absolute Gasteiger partial charge is 0.361 e. The summed E-state index contributed by atoms with van der Waals surface area (Å²) in [6, 6.07) is 13.1. The summed E-state index contributed by atoms with van der Waals surface area (Å²) < 4.78 is 0. The van der Waals surface area contributed by atoms with Gasteiger partial charge in [0, 0.05) is 34.7 Å². The van der Waals surface area contributed by atoms with E-state index in [1.54, 1.807) is 48.5 Å². The van der Waals surface area contributed by atoms with Crippen molar-refractivity contribution in [3.63, 3.8) is 0 Å². The Hall–Kier alpha value is -3.94. The zero-order valence-corrected chi connectivity index (χ0v) is 13.5. The number of fused-ring (bicyclic) bond motifs is 2. The number of urea groups is 2. The first-order chi connectivity index (χ1) is 12.7. The van der Waals surface area contributed by atoms with Gasteiger partial charge in [-0.25, -0.2) is 20.4 Å². The highest BCUT2D eigenvalue weighted by Crippen LogP contribution is 2.05. The fourth-order valence-corrected chi connectivity index (χ4v) is 2.12. The van der Waals surface area contributed by atoms with Gasteiger partial charge in [-0.3, -0.25) is 0 Å². The fraction of sp³-hybridized carbons (Fsp3) is 0. The van der Waals surface area contributed by atoms with Crippen molar-refractivity contribution in [1.29, 1.82) is 0 Å². The molecule has 2 aromatic carbocycles. The van der Waals surface area contributed by atoms with Gasteiger partial charge in [-0.05, 0) is 0 Å². The molecule has 1 aliphatic heterocycles. The van der Waals surface area contributed by atoms with Crippen molar-refractivity contribution in [2.24, 2.45) is 20.2 Å². The average Bonchev–Trinajstić information content (AvgIpc) is 2.66. The highest BCUT2D eigenvalue weighted by Gasteiger charge is 2.02. The molecule has 2 N–H and O–H groups in total. The van der Waals surface area contributed by atoms with Crippen LogP contribution in [0.25, 0.3) is 0 Å². The third-order valence-electron chi connectivity index (χ3n) is 3.36. The molecule has 0 aromatic heterocycles. The molecule has 0 spiro atoms. The number of aliphatic imine (C=N–C) groups is 2. The maximum atomic E-state index is 11.8. The molecule has 3 rings (SSSR count). The lowest BCUT2D eigenvalue weighted by Crippen LogP contribution is -2.15. The number of hydrogen-bond donors (Lipinski definition) is 2. The third kappa shape index (κ3) is 4.54. The van der Waals surface area contributed by atoms with Crippen molar-refractivity contribution in [3.05, 3.63) is 70.8 Å². The summed E-state index contributed by atoms with van der Waals surface area (Å²) in [4.78, 5) is 31.2. The highest BCUT2D eigenvalue weighted by molar-refractivity contribution is 6.00. The van der Waals surface area contributed by atoms with Crippen LogP contribution in [0.5, 0.6) is 0 Å². The molecule has 0 fully saturated rings. The first kappa shape index (κ1) is 16.9. The van der Waals surface area contributed by atoms with Crippen LogP contribution in [-0.4, -0.2) is 36.9 Å². The van der Waals surface area contributed by atoms with Crippen molar-refractivity contribution < 1.29 is 9.59 Å². The number of benzene rings is 2. The van der Waals surface area contributed by atoms with Crippen LogP contribution in [0.15, 0.2) is 68.7 Å². The second kappa shape index (κ2) is 8.25. The molecule has 8 nitrogen and oxygen atoms in total. The Morgan fingerprint density at radius 3 is 1.27 bits per heavy atom. The van der Waals surface area contributed by atoms with Crippen molar-refractivity contribution in [2.45, 2.75) is 0 Å². The maximum absolute atomic E-state index is 11.8. The van der Waals surface area contributed by atoms with Crippen molar-refractivity contribution in [3.8, 4) is 0 Å². The van der Waals surface area contributed by atoms with Gasteiger partial charge in [-0.1, -0.05) is 48.5 Å². The highest BCUT2D eigenvalue weighted by atomic mass is 16.2. The number of carbonyl (C=O) groups is 2. The second-order valence-corrected chi connectivity index (χ2v) is 5.12. The van der Waals surface area contributed by atoms with E-state index in [4.69, 9.17) is 0 Å². The molecule has 26 heavy (non-hydrogen) atoms. The van der Waals surface area contributed by atoms with Gasteiger partial charge in [0.1, 0.15) is 0 Å². The van der Waals surface area contributed by atoms with Gasteiger partial charge in [0.2, 0.25) is 0 Å². The van der Waals surface area contributed by atoms with E-state index in [0.717, 1.165) is 0 Å². The normalized spacial score (nSPS) is 19.2. The fourth-order valence-electron chi connectivity index (χ4n) is 2.12. The molecule has 0 unspecified atom stereocenters. The summed E-state index contributed by atoms with van der Waals surface area (Å²) in [5.74, 6) is 0. The van der Waals surface area contributed by atoms with Crippen molar-refractivity contribution >= 4 is 36.9 Å². The Balaban J connectivity index is 1.94. The quantitative estimate of drug-likeness (QED) is 0.763. The van der Waals surface area contributed by atoms with Gasteiger partial charge in [0.05, 0.1) is 12.4 Å². The lowest BCUT2D eigenvalue weighted by atomic mass is 10.1. The van der Waals surface area contributed by atoms with Gasteiger partial charge in [-0.2, -0.15) is 20.2 Å². The van der Waals surface area contributed by atoms with Crippen LogP contribution < -0.4 is 10.9 Å². The minimum Gasteiger partial charge on any atom is -0.244 e. The van der Waals surface area contributed by atoms with Crippen LogP contribution in [0.1, 0.15) is 22.3 Å². The molecule has 128 valence electrons. The molecule has 4 amide bonds. The molecule has 1 aliphatic rings. The van der Waals surface area contributed by atoms with E-state index >= 15 is 0 Å². The molecule has 0 bridgehead atoms. The summed E-state index contributed by atoms with van der Waals surface area (Å²) >= 11 is 0. The Kier molecular flexibility index (Phi) is 5.36. The predicted molar refractivity (Wildman–Crippen MR) is 100 cm³/mol. The maximum Gasteiger partial charge on any atom is 0.361 e. The smallest absolute Gasteiger partial charge is 0.244 e. The van der Waals surface area contributed by atoms with Gasteiger partial charge in [0.25, 0.3) is 0 Å². The van der Waals surface area contributed by atoms with Gasteiger partial charge in [-0.15, -0.1) is 0 Å².